The molecule has 0 unspecified atom stereocenters. The average Bonchev–Trinajstić information content (AvgIpc) is 2.82. The van der Waals surface area contributed by atoms with Crippen molar-refractivity contribution in [1.82, 2.24) is 5.32 Å². The fourth-order valence-electron chi connectivity index (χ4n) is 2.34. The van der Waals surface area contributed by atoms with Gasteiger partial charge in [-0.3, -0.25) is 4.79 Å². The third-order valence-corrected chi connectivity index (χ3v) is 4.77. The lowest BCUT2D eigenvalue weighted by Crippen LogP contribution is -2.39. The van der Waals surface area contributed by atoms with E-state index in [9.17, 15) is 4.79 Å². The van der Waals surface area contributed by atoms with Gasteiger partial charge in [0.15, 0.2) is 5.75 Å². The van der Waals surface area contributed by atoms with Gasteiger partial charge in [-0.25, -0.2) is 0 Å². The highest BCUT2D eigenvalue weighted by Crippen LogP contribution is 2.45. The Balaban J connectivity index is 2.25. The van der Waals surface area contributed by atoms with Crippen molar-refractivity contribution >= 4 is 27.9 Å². The summed E-state index contributed by atoms with van der Waals surface area (Å²) < 4.78 is 5.40. The fourth-order valence-corrected chi connectivity index (χ4v) is 3.50. The molecule has 116 valence electrons. The second-order valence-corrected chi connectivity index (χ2v) is 6.01. The maximum absolute atomic E-state index is 12.1. The number of piperidine rings is 1. The molecule has 0 atom stereocenters. The molecule has 6 nitrogen and oxygen atoms in total. The van der Waals surface area contributed by atoms with Crippen molar-refractivity contribution in [3.8, 4) is 5.75 Å². The molecular weight excluding hydrogens is 288 g/mol. The van der Waals surface area contributed by atoms with E-state index in [1.165, 1.54) is 11.3 Å². The standard InChI is InChI=1S/C14H22N4O2S/c1-3-6-17-13(19)12-10(16)11(20-2)14(21-12)18-7-4-9(15)5-8-18/h3,9H,1,4-8,15-16H2,2H3,(H,17,19). The predicted molar refractivity (Wildman–Crippen MR) is 87.2 cm³/mol. The van der Waals surface area contributed by atoms with Gasteiger partial charge in [-0.2, -0.15) is 0 Å². The maximum Gasteiger partial charge on any atom is 0.263 e. The molecule has 1 saturated heterocycles. The maximum atomic E-state index is 12.1. The Kier molecular flexibility index (Phi) is 5.08. The highest BCUT2D eigenvalue weighted by Gasteiger charge is 2.27. The highest BCUT2D eigenvalue weighted by atomic mass is 32.1. The number of rotatable bonds is 5. The lowest BCUT2D eigenvalue weighted by Gasteiger charge is -2.31. The van der Waals surface area contributed by atoms with Crippen molar-refractivity contribution in [2.24, 2.45) is 5.73 Å². The minimum Gasteiger partial charge on any atom is -0.492 e. The van der Waals surface area contributed by atoms with Crippen LogP contribution in [0.15, 0.2) is 12.7 Å². The van der Waals surface area contributed by atoms with Crippen molar-refractivity contribution in [3.05, 3.63) is 17.5 Å². The molecule has 0 bridgehead atoms. The number of nitrogen functional groups attached to an aromatic ring is 1. The van der Waals surface area contributed by atoms with Crippen molar-refractivity contribution in [2.75, 3.05) is 37.4 Å². The van der Waals surface area contributed by atoms with Gasteiger partial charge in [0.25, 0.3) is 5.91 Å². The van der Waals surface area contributed by atoms with Gasteiger partial charge in [-0.15, -0.1) is 17.9 Å². The number of thiophene rings is 1. The Morgan fingerprint density at radius 1 is 1.57 bits per heavy atom. The van der Waals surface area contributed by atoms with Gasteiger partial charge in [-0.05, 0) is 12.8 Å². The molecule has 2 rings (SSSR count). The van der Waals surface area contributed by atoms with Crippen molar-refractivity contribution in [3.63, 3.8) is 0 Å². The lowest BCUT2D eigenvalue weighted by molar-refractivity contribution is 0.0962. The number of anilines is 2. The van der Waals surface area contributed by atoms with E-state index in [0.717, 1.165) is 30.9 Å². The number of carbonyl (C=O) groups excluding carboxylic acids is 1. The lowest BCUT2D eigenvalue weighted by atomic mass is 10.1. The number of amides is 1. The Labute approximate surface area is 128 Å². The molecule has 1 aromatic heterocycles. The van der Waals surface area contributed by atoms with Crippen LogP contribution < -0.4 is 26.4 Å². The zero-order valence-electron chi connectivity index (χ0n) is 12.2. The van der Waals surface area contributed by atoms with E-state index in [-0.39, 0.29) is 11.9 Å². The van der Waals surface area contributed by atoms with E-state index >= 15 is 0 Å². The van der Waals surface area contributed by atoms with Crippen molar-refractivity contribution in [2.45, 2.75) is 18.9 Å². The number of ether oxygens (including phenoxy) is 1. The van der Waals surface area contributed by atoms with E-state index < -0.39 is 0 Å². The van der Waals surface area contributed by atoms with Gasteiger partial charge in [0.05, 0.1) is 7.11 Å². The Morgan fingerprint density at radius 2 is 2.24 bits per heavy atom. The quantitative estimate of drug-likeness (QED) is 0.710. The third-order valence-electron chi connectivity index (χ3n) is 3.53. The summed E-state index contributed by atoms with van der Waals surface area (Å²) in [6.45, 7) is 5.69. The van der Waals surface area contributed by atoms with E-state index in [2.05, 4.69) is 16.8 Å². The summed E-state index contributed by atoms with van der Waals surface area (Å²) in [5.74, 6) is 0.384. The van der Waals surface area contributed by atoms with Gasteiger partial charge in [0, 0.05) is 25.7 Å². The monoisotopic (exact) mass is 310 g/mol. The molecule has 0 spiro atoms. The smallest absolute Gasteiger partial charge is 0.263 e. The van der Waals surface area contributed by atoms with Gasteiger partial charge in [0.2, 0.25) is 0 Å². The van der Waals surface area contributed by atoms with Crippen LogP contribution in [-0.4, -0.2) is 38.7 Å². The van der Waals surface area contributed by atoms with Crippen molar-refractivity contribution in [1.29, 1.82) is 0 Å². The molecule has 1 amide bonds. The van der Waals surface area contributed by atoms with Crippen LogP contribution in [0, 0.1) is 0 Å². The molecule has 7 heteroatoms. The summed E-state index contributed by atoms with van der Waals surface area (Å²) in [5.41, 5.74) is 12.4. The van der Waals surface area contributed by atoms with Crippen LogP contribution in [0.4, 0.5) is 10.7 Å². The summed E-state index contributed by atoms with van der Waals surface area (Å²) >= 11 is 1.37. The number of nitrogens with zero attached hydrogens (tertiary/aromatic N) is 1. The number of nitrogens with one attached hydrogen (secondary N) is 1. The molecule has 2 heterocycles. The van der Waals surface area contributed by atoms with E-state index in [0.29, 0.717) is 22.9 Å². The number of nitrogens with two attached hydrogens (primary N) is 2. The summed E-state index contributed by atoms with van der Waals surface area (Å²) in [6, 6.07) is 0.250. The second-order valence-electron chi connectivity index (χ2n) is 5.01. The molecule has 1 aliphatic heterocycles. The number of hydrogen-bond acceptors (Lipinski definition) is 6. The number of methoxy groups -OCH3 is 1. The second kappa shape index (κ2) is 6.82. The van der Waals surface area contributed by atoms with Crippen LogP contribution in [0.25, 0.3) is 0 Å². The predicted octanol–water partition coefficient (Wildman–Crippen LogP) is 1.18. The molecule has 0 aromatic carbocycles. The summed E-state index contributed by atoms with van der Waals surface area (Å²) in [5, 5.41) is 3.65. The normalized spacial score (nSPS) is 15.8. The van der Waals surface area contributed by atoms with Gasteiger partial charge < -0.3 is 26.4 Å². The van der Waals surface area contributed by atoms with Crippen LogP contribution in [0.2, 0.25) is 0 Å². The zero-order valence-corrected chi connectivity index (χ0v) is 13.0. The third kappa shape index (κ3) is 3.30. The van der Waals surface area contributed by atoms with E-state index in [1.807, 2.05) is 0 Å². The average molecular weight is 310 g/mol. The molecule has 1 aromatic rings. The first-order valence-electron chi connectivity index (χ1n) is 6.94. The summed E-state index contributed by atoms with van der Waals surface area (Å²) in [7, 11) is 1.57. The van der Waals surface area contributed by atoms with Crippen LogP contribution in [0.1, 0.15) is 22.5 Å². The zero-order chi connectivity index (χ0) is 15.4. The Bertz CT molecular complexity index is 521. The Morgan fingerprint density at radius 3 is 2.81 bits per heavy atom. The molecule has 1 aliphatic rings. The first kappa shape index (κ1) is 15.7. The number of hydrogen-bond donors (Lipinski definition) is 3. The minimum absolute atomic E-state index is 0.198. The van der Waals surface area contributed by atoms with Crippen LogP contribution in [0.3, 0.4) is 0 Å². The molecular formula is C14H22N4O2S. The van der Waals surface area contributed by atoms with E-state index in [1.54, 1.807) is 13.2 Å². The topological polar surface area (TPSA) is 93.6 Å². The SMILES string of the molecule is C=CCNC(=O)c1sc(N2CCC(N)CC2)c(OC)c1N. The molecule has 21 heavy (non-hydrogen) atoms. The first-order valence-corrected chi connectivity index (χ1v) is 7.76. The molecule has 5 N–H and O–H groups in total. The van der Waals surface area contributed by atoms with Crippen molar-refractivity contribution < 1.29 is 9.53 Å². The fraction of sp³-hybridized carbons (Fsp3) is 0.500. The summed E-state index contributed by atoms with van der Waals surface area (Å²) in [4.78, 5) is 14.8. The molecule has 0 aliphatic carbocycles. The first-order chi connectivity index (χ1) is 10.1. The highest BCUT2D eigenvalue weighted by molar-refractivity contribution is 7.19. The van der Waals surface area contributed by atoms with E-state index in [4.69, 9.17) is 16.2 Å². The molecule has 0 saturated carbocycles. The van der Waals surface area contributed by atoms with Gasteiger partial charge in [0.1, 0.15) is 15.6 Å². The van der Waals surface area contributed by atoms with Crippen LogP contribution in [-0.2, 0) is 0 Å². The minimum atomic E-state index is -0.198. The van der Waals surface area contributed by atoms with Gasteiger partial charge >= 0.3 is 0 Å². The largest absolute Gasteiger partial charge is 0.492 e. The molecule has 0 radical (unpaired) electrons. The van der Waals surface area contributed by atoms with Crippen LogP contribution >= 0.6 is 11.3 Å². The summed E-state index contributed by atoms with van der Waals surface area (Å²) in [6.07, 6.45) is 3.49. The van der Waals surface area contributed by atoms with Crippen LogP contribution in [0.5, 0.6) is 5.75 Å². The Hall–Kier alpha value is -1.73. The van der Waals surface area contributed by atoms with Gasteiger partial charge in [-0.1, -0.05) is 6.08 Å². The molecule has 1 fully saturated rings. The number of carbonyl (C=O) groups is 1.